The van der Waals surface area contributed by atoms with Crippen molar-refractivity contribution in [2.75, 3.05) is 25.6 Å². The maximum Gasteiger partial charge on any atom is 0.139 e. The van der Waals surface area contributed by atoms with Gasteiger partial charge in [0.2, 0.25) is 0 Å². The van der Waals surface area contributed by atoms with Crippen LogP contribution >= 0.6 is 11.6 Å². The van der Waals surface area contributed by atoms with Gasteiger partial charge in [0.25, 0.3) is 0 Å². The second-order valence-corrected chi connectivity index (χ2v) is 6.06. The molecule has 0 saturated carbocycles. The predicted molar refractivity (Wildman–Crippen MR) is 87.4 cm³/mol. The van der Waals surface area contributed by atoms with Gasteiger partial charge in [0.1, 0.15) is 5.75 Å². The normalized spacial score (nSPS) is 14.0. The van der Waals surface area contributed by atoms with Crippen molar-refractivity contribution in [3.8, 4) is 5.75 Å². The van der Waals surface area contributed by atoms with Gasteiger partial charge in [-0.3, -0.25) is 0 Å². The largest absolute Gasteiger partial charge is 0.495 e. The average Bonchev–Trinajstić information content (AvgIpc) is 2.43. The molecule has 2 unspecified atom stereocenters. The molecule has 0 heterocycles. The number of hydrogen-bond acceptors (Lipinski definition) is 4. The van der Waals surface area contributed by atoms with Gasteiger partial charge >= 0.3 is 0 Å². The van der Waals surface area contributed by atoms with Crippen LogP contribution in [0, 0.1) is 5.92 Å². The molecule has 0 aliphatic carbocycles. The number of ether oxygens (including phenoxy) is 2. The first kappa shape index (κ1) is 18.1. The summed E-state index contributed by atoms with van der Waals surface area (Å²) in [5.74, 6) is 1.20. The van der Waals surface area contributed by atoms with Crippen LogP contribution in [-0.4, -0.2) is 37.6 Å². The topological polar surface area (TPSA) is 50.7 Å². The molecule has 120 valence electrons. The molecule has 2 atom stereocenters. The summed E-state index contributed by atoms with van der Waals surface area (Å²) in [5.41, 5.74) is 0.852. The highest BCUT2D eigenvalue weighted by atomic mass is 35.5. The number of aliphatic hydroxyl groups excluding tert-OH is 1. The van der Waals surface area contributed by atoms with E-state index in [2.05, 4.69) is 19.2 Å². The molecule has 4 nitrogen and oxygen atoms in total. The molecule has 0 spiro atoms. The maximum atomic E-state index is 9.93. The molecule has 0 aromatic heterocycles. The molecular weight excluding hydrogens is 290 g/mol. The highest BCUT2D eigenvalue weighted by Gasteiger charge is 2.10. The van der Waals surface area contributed by atoms with E-state index < -0.39 is 6.10 Å². The van der Waals surface area contributed by atoms with Gasteiger partial charge in [0, 0.05) is 18.3 Å². The van der Waals surface area contributed by atoms with E-state index in [1.807, 2.05) is 13.0 Å². The van der Waals surface area contributed by atoms with Crippen LogP contribution in [0.5, 0.6) is 5.75 Å². The zero-order valence-corrected chi connectivity index (χ0v) is 14.0. The van der Waals surface area contributed by atoms with Crippen LogP contribution in [-0.2, 0) is 4.74 Å². The predicted octanol–water partition coefficient (Wildman–Crippen LogP) is 3.57. The summed E-state index contributed by atoms with van der Waals surface area (Å²) in [4.78, 5) is 0. The van der Waals surface area contributed by atoms with Crippen molar-refractivity contribution >= 4 is 17.3 Å². The van der Waals surface area contributed by atoms with Crippen molar-refractivity contribution in [3.63, 3.8) is 0 Å². The lowest BCUT2D eigenvalue weighted by Gasteiger charge is -2.18. The quantitative estimate of drug-likeness (QED) is 0.731. The van der Waals surface area contributed by atoms with E-state index in [1.165, 1.54) is 0 Å². The number of methoxy groups -OCH3 is 1. The second kappa shape index (κ2) is 9.13. The highest BCUT2D eigenvalue weighted by molar-refractivity contribution is 6.32. The van der Waals surface area contributed by atoms with Gasteiger partial charge in [-0.15, -0.1) is 0 Å². The van der Waals surface area contributed by atoms with Crippen molar-refractivity contribution in [3.05, 3.63) is 23.2 Å². The third-order valence-corrected chi connectivity index (χ3v) is 3.38. The van der Waals surface area contributed by atoms with E-state index in [0.29, 0.717) is 29.8 Å². The molecule has 21 heavy (non-hydrogen) atoms. The lowest BCUT2D eigenvalue weighted by Crippen LogP contribution is -2.27. The van der Waals surface area contributed by atoms with Gasteiger partial charge in [0.15, 0.2) is 0 Å². The Morgan fingerprint density at radius 3 is 2.62 bits per heavy atom. The zero-order valence-electron chi connectivity index (χ0n) is 13.2. The Morgan fingerprint density at radius 2 is 2.00 bits per heavy atom. The number of benzene rings is 1. The van der Waals surface area contributed by atoms with Crippen LogP contribution in [0.3, 0.4) is 0 Å². The molecule has 0 fully saturated rings. The number of anilines is 1. The summed E-state index contributed by atoms with van der Waals surface area (Å²) < 4.78 is 10.8. The Balaban J connectivity index is 2.34. The third kappa shape index (κ3) is 7.02. The minimum atomic E-state index is -0.554. The summed E-state index contributed by atoms with van der Waals surface area (Å²) in [5, 5.41) is 13.6. The van der Waals surface area contributed by atoms with E-state index in [-0.39, 0.29) is 6.10 Å². The molecule has 0 bridgehead atoms. The molecule has 1 rings (SSSR count). The van der Waals surface area contributed by atoms with Crippen molar-refractivity contribution in [1.82, 2.24) is 0 Å². The number of aliphatic hydroxyl groups is 1. The van der Waals surface area contributed by atoms with Gasteiger partial charge in [-0.1, -0.05) is 25.4 Å². The lowest BCUT2D eigenvalue weighted by atomic mass is 10.1. The van der Waals surface area contributed by atoms with Gasteiger partial charge in [-0.25, -0.2) is 0 Å². The lowest BCUT2D eigenvalue weighted by molar-refractivity contribution is -0.00443. The van der Waals surface area contributed by atoms with Crippen molar-refractivity contribution in [1.29, 1.82) is 0 Å². The number of halogens is 1. The number of hydrogen-bond donors (Lipinski definition) is 2. The van der Waals surface area contributed by atoms with Gasteiger partial charge in [-0.2, -0.15) is 0 Å². The summed E-state index contributed by atoms with van der Waals surface area (Å²) in [6, 6.07) is 5.41. The monoisotopic (exact) mass is 315 g/mol. The van der Waals surface area contributed by atoms with Crippen LogP contribution in [0.15, 0.2) is 18.2 Å². The fraction of sp³-hybridized carbons (Fsp3) is 0.625. The maximum absolute atomic E-state index is 9.93. The Morgan fingerprint density at radius 1 is 1.29 bits per heavy atom. The molecule has 0 aliphatic rings. The summed E-state index contributed by atoms with van der Waals surface area (Å²) >= 11 is 5.96. The van der Waals surface area contributed by atoms with Crippen LogP contribution in [0.2, 0.25) is 5.02 Å². The van der Waals surface area contributed by atoms with Crippen LogP contribution in [0.1, 0.15) is 27.2 Å². The highest BCUT2D eigenvalue weighted by Crippen LogP contribution is 2.27. The van der Waals surface area contributed by atoms with E-state index in [0.717, 1.165) is 12.1 Å². The first-order valence-electron chi connectivity index (χ1n) is 7.29. The van der Waals surface area contributed by atoms with Gasteiger partial charge in [-0.05, 0) is 31.4 Å². The van der Waals surface area contributed by atoms with E-state index in [1.54, 1.807) is 19.2 Å². The minimum absolute atomic E-state index is 0.162. The summed E-state index contributed by atoms with van der Waals surface area (Å²) in [6.07, 6.45) is 0.603. The fourth-order valence-corrected chi connectivity index (χ4v) is 2.27. The summed E-state index contributed by atoms with van der Waals surface area (Å²) in [6.45, 7) is 7.09. The van der Waals surface area contributed by atoms with E-state index in [4.69, 9.17) is 21.1 Å². The van der Waals surface area contributed by atoms with Gasteiger partial charge in [0.05, 0.1) is 30.9 Å². The molecule has 1 aromatic rings. The SMILES string of the molecule is COc1cc(NCC(O)COC(C)CC(C)C)ccc1Cl. The first-order valence-corrected chi connectivity index (χ1v) is 7.67. The van der Waals surface area contributed by atoms with Crippen LogP contribution in [0.25, 0.3) is 0 Å². The number of rotatable bonds is 9. The fourth-order valence-electron chi connectivity index (χ4n) is 2.07. The zero-order chi connectivity index (χ0) is 15.8. The van der Waals surface area contributed by atoms with Crippen LogP contribution < -0.4 is 10.1 Å². The van der Waals surface area contributed by atoms with Crippen molar-refractivity contribution in [2.45, 2.75) is 39.4 Å². The molecule has 0 amide bonds. The van der Waals surface area contributed by atoms with E-state index >= 15 is 0 Å². The minimum Gasteiger partial charge on any atom is -0.495 e. The Kier molecular flexibility index (Phi) is 7.86. The van der Waals surface area contributed by atoms with Crippen LogP contribution in [0.4, 0.5) is 5.69 Å². The first-order chi connectivity index (χ1) is 9.92. The molecule has 5 heteroatoms. The third-order valence-electron chi connectivity index (χ3n) is 3.07. The van der Waals surface area contributed by atoms with Crippen molar-refractivity contribution < 1.29 is 14.6 Å². The second-order valence-electron chi connectivity index (χ2n) is 5.66. The molecular formula is C16H26ClNO3. The molecule has 0 aliphatic heterocycles. The standard InChI is InChI=1S/C16H26ClNO3/c1-11(2)7-12(3)21-10-14(19)9-18-13-5-6-15(17)16(8-13)20-4/h5-6,8,11-12,14,18-19H,7,9-10H2,1-4H3. The molecule has 0 saturated heterocycles. The smallest absolute Gasteiger partial charge is 0.139 e. The Labute approximate surface area is 132 Å². The Bertz CT molecular complexity index is 426. The Hall–Kier alpha value is -0.970. The van der Waals surface area contributed by atoms with E-state index in [9.17, 15) is 5.11 Å². The van der Waals surface area contributed by atoms with Gasteiger partial charge < -0.3 is 19.9 Å². The number of nitrogens with one attached hydrogen (secondary N) is 1. The summed E-state index contributed by atoms with van der Waals surface area (Å²) in [7, 11) is 1.57. The van der Waals surface area contributed by atoms with Crippen molar-refractivity contribution in [2.24, 2.45) is 5.92 Å². The average molecular weight is 316 g/mol. The molecule has 0 radical (unpaired) electrons. The molecule has 1 aromatic carbocycles. The molecule has 2 N–H and O–H groups in total.